The molecule has 0 bridgehead atoms. The Morgan fingerprint density at radius 1 is 1.06 bits per heavy atom. The van der Waals surface area contributed by atoms with Crippen LogP contribution in [0.25, 0.3) is 0 Å². The highest BCUT2D eigenvalue weighted by atomic mass is 32.2. The maximum atomic E-state index is 13.3. The Kier molecular flexibility index (Phi) is 7.59. The summed E-state index contributed by atoms with van der Waals surface area (Å²) in [5, 5.41) is 42.8. The van der Waals surface area contributed by atoms with Crippen molar-refractivity contribution in [2.24, 2.45) is 52.1 Å². The molecule has 0 spiro atoms. The number of carbonyl (C=O) groups is 1. The smallest absolute Gasteiger partial charge is 0.303 e. The van der Waals surface area contributed by atoms with Crippen molar-refractivity contribution < 1.29 is 29.4 Å². The molecule has 0 heterocycles. The fourth-order valence-corrected chi connectivity index (χ4v) is 11.3. The number of aliphatic hydroxyl groups excluding tert-OH is 3. The Morgan fingerprint density at radius 3 is 2.41 bits per heavy atom. The van der Waals surface area contributed by atoms with Gasteiger partial charge in [-0.1, -0.05) is 20.8 Å². The summed E-state index contributed by atoms with van der Waals surface area (Å²) >= 11 is 0. The first kappa shape index (κ1) is 26.5. The molecule has 8 heteroatoms. The summed E-state index contributed by atoms with van der Waals surface area (Å²) < 4.78 is 13.3. The number of fused-ring (bicyclic) bond motifs is 5. The van der Waals surface area contributed by atoms with E-state index in [9.17, 15) is 29.4 Å². The first-order valence-electron chi connectivity index (χ1n) is 13.3. The first-order chi connectivity index (χ1) is 16.0. The predicted molar refractivity (Wildman–Crippen MR) is 131 cm³/mol. The quantitative estimate of drug-likeness (QED) is 0.361. The predicted octanol–water partition coefficient (Wildman–Crippen LogP) is 2.13. The third-order valence-electron chi connectivity index (χ3n) is 11.0. The molecule has 0 aromatic heterocycles. The maximum Gasteiger partial charge on any atom is 0.303 e. The number of carboxylic acids is 1. The molecule has 0 amide bonds. The molecule has 0 aromatic carbocycles. The fourth-order valence-electron chi connectivity index (χ4n) is 9.38. The van der Waals surface area contributed by atoms with Crippen LogP contribution < -0.4 is 5.73 Å². The lowest BCUT2D eigenvalue weighted by Gasteiger charge is -2.65. The van der Waals surface area contributed by atoms with Crippen molar-refractivity contribution >= 4 is 16.8 Å². The highest BCUT2D eigenvalue weighted by Crippen LogP contribution is 2.68. The molecule has 4 fully saturated rings. The van der Waals surface area contributed by atoms with Crippen molar-refractivity contribution in [3.63, 3.8) is 0 Å². The summed E-state index contributed by atoms with van der Waals surface area (Å²) in [5.41, 5.74) is 5.08. The molecule has 196 valence electrons. The number of aliphatic hydroxyl groups is 3. The largest absolute Gasteiger partial charge is 0.481 e. The van der Waals surface area contributed by atoms with E-state index in [-0.39, 0.29) is 58.0 Å². The Morgan fingerprint density at radius 2 is 1.76 bits per heavy atom. The van der Waals surface area contributed by atoms with Gasteiger partial charge in [-0.15, -0.1) is 0 Å². The zero-order valence-corrected chi connectivity index (χ0v) is 21.8. The van der Waals surface area contributed by atoms with Crippen molar-refractivity contribution in [3.05, 3.63) is 0 Å². The van der Waals surface area contributed by atoms with Crippen LogP contribution in [0.5, 0.6) is 0 Å². The minimum atomic E-state index is -1.16. The van der Waals surface area contributed by atoms with E-state index in [0.29, 0.717) is 44.4 Å². The van der Waals surface area contributed by atoms with Gasteiger partial charge in [-0.2, -0.15) is 0 Å². The summed E-state index contributed by atoms with van der Waals surface area (Å²) in [6.07, 6.45) is 3.32. The summed E-state index contributed by atoms with van der Waals surface area (Å²) in [6, 6.07) is 0. The molecular formula is C26H45NO6S. The van der Waals surface area contributed by atoms with Gasteiger partial charge in [0, 0.05) is 34.8 Å². The van der Waals surface area contributed by atoms with Gasteiger partial charge < -0.3 is 26.2 Å². The van der Waals surface area contributed by atoms with Crippen molar-refractivity contribution in [3.8, 4) is 0 Å². The van der Waals surface area contributed by atoms with Gasteiger partial charge in [-0.3, -0.25) is 9.00 Å². The van der Waals surface area contributed by atoms with Crippen molar-refractivity contribution in [2.75, 3.05) is 12.3 Å². The Labute approximate surface area is 206 Å². The topological polar surface area (TPSA) is 141 Å². The molecule has 7 nitrogen and oxygen atoms in total. The Bertz CT molecular complexity index is 795. The van der Waals surface area contributed by atoms with E-state index in [1.54, 1.807) is 0 Å². The van der Waals surface area contributed by atoms with Crippen molar-refractivity contribution in [1.82, 2.24) is 0 Å². The van der Waals surface area contributed by atoms with E-state index < -0.39 is 35.1 Å². The molecule has 34 heavy (non-hydrogen) atoms. The summed E-state index contributed by atoms with van der Waals surface area (Å²) in [5.74, 6) is 0.335. The highest BCUT2D eigenvalue weighted by Gasteiger charge is 2.67. The van der Waals surface area contributed by atoms with Gasteiger partial charge in [-0.05, 0) is 91.3 Å². The molecular weight excluding hydrogens is 454 g/mol. The van der Waals surface area contributed by atoms with Crippen LogP contribution in [0.2, 0.25) is 0 Å². The summed E-state index contributed by atoms with van der Waals surface area (Å²) in [7, 11) is -1.16. The molecule has 4 rings (SSSR count). The fraction of sp³-hybridized carbons (Fsp3) is 0.962. The van der Waals surface area contributed by atoms with Crippen LogP contribution in [0.15, 0.2) is 0 Å². The van der Waals surface area contributed by atoms with E-state index in [0.717, 1.165) is 12.8 Å². The molecule has 0 saturated heterocycles. The van der Waals surface area contributed by atoms with Gasteiger partial charge in [-0.25, -0.2) is 0 Å². The second-order valence-electron chi connectivity index (χ2n) is 12.4. The van der Waals surface area contributed by atoms with Crippen molar-refractivity contribution in [1.29, 1.82) is 0 Å². The SMILES string of the molecule is CC(CCC(=O)O)C1CCC2C3C(O)CC4CC(O)CC(S(=O)CCN)C4(C)C3CC(O)C12C. The number of carboxylic acid groups (broad SMARTS) is 1. The number of rotatable bonds is 7. The van der Waals surface area contributed by atoms with Crippen LogP contribution in [-0.4, -0.2) is 66.5 Å². The van der Waals surface area contributed by atoms with Crippen LogP contribution in [0.4, 0.5) is 0 Å². The molecule has 13 unspecified atom stereocenters. The normalized spacial score (nSPS) is 50.0. The number of hydrogen-bond acceptors (Lipinski definition) is 6. The number of nitrogens with two attached hydrogens (primary N) is 1. The Hall–Kier alpha value is -0.540. The average Bonchev–Trinajstić information content (AvgIpc) is 3.12. The highest BCUT2D eigenvalue weighted by molar-refractivity contribution is 7.85. The molecule has 0 aliphatic heterocycles. The number of aliphatic carboxylic acids is 1. The second kappa shape index (κ2) is 9.73. The van der Waals surface area contributed by atoms with E-state index in [1.165, 1.54) is 0 Å². The van der Waals surface area contributed by atoms with E-state index in [1.807, 2.05) is 0 Å². The van der Waals surface area contributed by atoms with Crippen molar-refractivity contribution in [2.45, 2.75) is 95.7 Å². The molecule has 4 aliphatic carbocycles. The van der Waals surface area contributed by atoms with E-state index in [2.05, 4.69) is 20.8 Å². The minimum Gasteiger partial charge on any atom is -0.481 e. The second-order valence-corrected chi connectivity index (χ2v) is 14.1. The molecule has 4 saturated carbocycles. The lowest BCUT2D eigenvalue weighted by atomic mass is 9.43. The van der Waals surface area contributed by atoms with Crippen LogP contribution in [0.3, 0.4) is 0 Å². The molecule has 0 aromatic rings. The third kappa shape index (κ3) is 4.09. The minimum absolute atomic E-state index is 0.0268. The maximum absolute atomic E-state index is 13.3. The Balaban J connectivity index is 1.67. The zero-order chi connectivity index (χ0) is 25.0. The van der Waals surface area contributed by atoms with Gasteiger partial charge in [0.1, 0.15) is 0 Å². The molecule has 6 N–H and O–H groups in total. The van der Waals surface area contributed by atoms with Crippen LogP contribution in [0, 0.1) is 46.3 Å². The average molecular weight is 500 g/mol. The lowest BCUT2D eigenvalue weighted by molar-refractivity contribution is -0.205. The number of hydrogen-bond donors (Lipinski definition) is 5. The zero-order valence-electron chi connectivity index (χ0n) is 20.9. The standard InChI is InChI=1S/C26H45NO6S/c1-14(4-7-23(31)32)17-5-6-18-24-19(13-21(30)26(17,18)3)25(2)15(11-20(24)29)10-16(28)12-22(25)34(33)9-8-27/h14-22,24,28-30H,4-13,27H2,1-3H3,(H,31,32). The van der Waals surface area contributed by atoms with Gasteiger partial charge >= 0.3 is 5.97 Å². The van der Waals surface area contributed by atoms with Crippen LogP contribution in [0.1, 0.15) is 72.1 Å². The van der Waals surface area contributed by atoms with Crippen LogP contribution in [-0.2, 0) is 15.6 Å². The van der Waals surface area contributed by atoms with Gasteiger partial charge in [0.25, 0.3) is 0 Å². The van der Waals surface area contributed by atoms with Gasteiger partial charge in [0.2, 0.25) is 0 Å². The van der Waals surface area contributed by atoms with E-state index in [4.69, 9.17) is 5.73 Å². The molecule has 4 aliphatic rings. The van der Waals surface area contributed by atoms with E-state index >= 15 is 0 Å². The third-order valence-corrected chi connectivity index (χ3v) is 13.0. The van der Waals surface area contributed by atoms with Crippen LogP contribution >= 0.6 is 0 Å². The monoisotopic (exact) mass is 499 g/mol. The lowest BCUT2D eigenvalue weighted by Crippen LogP contribution is -2.66. The van der Waals surface area contributed by atoms with Gasteiger partial charge in [0.15, 0.2) is 0 Å². The summed E-state index contributed by atoms with van der Waals surface area (Å²) in [6.45, 7) is 6.84. The summed E-state index contributed by atoms with van der Waals surface area (Å²) in [4.78, 5) is 11.2. The molecule has 13 atom stereocenters. The van der Waals surface area contributed by atoms with Gasteiger partial charge in [0.05, 0.1) is 18.3 Å². The molecule has 0 radical (unpaired) electrons. The first-order valence-corrected chi connectivity index (χ1v) is 14.7.